The SMILES string of the molecule is O=C(O)C(CC1CC1)NC(=O)C1CC2CCC1C2. The number of nitrogens with one attached hydrogen (secondary N) is 1. The number of carbonyl (C=O) groups is 2. The highest BCUT2D eigenvalue weighted by Crippen LogP contribution is 2.48. The molecule has 0 aromatic rings. The predicted molar refractivity (Wildman–Crippen MR) is 65.8 cm³/mol. The van der Waals surface area contributed by atoms with Crippen molar-refractivity contribution in [1.29, 1.82) is 0 Å². The van der Waals surface area contributed by atoms with E-state index in [4.69, 9.17) is 5.11 Å². The van der Waals surface area contributed by atoms with Gasteiger partial charge in [-0.05, 0) is 43.4 Å². The van der Waals surface area contributed by atoms with E-state index in [1.165, 1.54) is 12.8 Å². The zero-order chi connectivity index (χ0) is 12.7. The minimum atomic E-state index is -0.876. The van der Waals surface area contributed by atoms with Crippen LogP contribution in [0.2, 0.25) is 0 Å². The van der Waals surface area contributed by atoms with E-state index >= 15 is 0 Å². The van der Waals surface area contributed by atoms with E-state index in [0.717, 1.165) is 31.6 Å². The molecule has 4 heteroatoms. The van der Waals surface area contributed by atoms with Crippen molar-refractivity contribution in [2.24, 2.45) is 23.7 Å². The van der Waals surface area contributed by atoms with Gasteiger partial charge >= 0.3 is 5.97 Å². The van der Waals surface area contributed by atoms with E-state index in [1.807, 2.05) is 0 Å². The Morgan fingerprint density at radius 3 is 2.44 bits per heavy atom. The molecule has 0 saturated heterocycles. The summed E-state index contributed by atoms with van der Waals surface area (Å²) in [6, 6.07) is -0.663. The van der Waals surface area contributed by atoms with Gasteiger partial charge in [-0.15, -0.1) is 0 Å². The molecule has 2 bridgehead atoms. The lowest BCUT2D eigenvalue weighted by Gasteiger charge is -2.23. The first kappa shape index (κ1) is 12.0. The molecule has 0 aromatic carbocycles. The van der Waals surface area contributed by atoms with E-state index in [0.29, 0.717) is 18.3 Å². The topological polar surface area (TPSA) is 66.4 Å². The predicted octanol–water partition coefficient (Wildman–Crippen LogP) is 1.79. The van der Waals surface area contributed by atoms with Crippen molar-refractivity contribution in [3.05, 3.63) is 0 Å². The zero-order valence-corrected chi connectivity index (χ0v) is 10.6. The number of aliphatic carboxylic acids is 1. The summed E-state index contributed by atoms with van der Waals surface area (Å²) >= 11 is 0. The number of fused-ring (bicyclic) bond motifs is 2. The number of rotatable bonds is 5. The molecule has 0 aromatic heterocycles. The largest absolute Gasteiger partial charge is 0.480 e. The fourth-order valence-corrected chi connectivity index (χ4v) is 3.75. The first-order valence-electron chi connectivity index (χ1n) is 7.16. The molecule has 3 rings (SSSR count). The summed E-state index contributed by atoms with van der Waals surface area (Å²) in [5, 5.41) is 11.9. The molecule has 18 heavy (non-hydrogen) atoms. The van der Waals surface area contributed by atoms with Crippen LogP contribution in [-0.4, -0.2) is 23.0 Å². The maximum atomic E-state index is 12.2. The Hall–Kier alpha value is -1.06. The molecule has 3 saturated carbocycles. The van der Waals surface area contributed by atoms with Gasteiger partial charge in [-0.1, -0.05) is 19.3 Å². The molecule has 3 fully saturated rings. The van der Waals surface area contributed by atoms with Gasteiger partial charge in [-0.25, -0.2) is 4.79 Å². The Morgan fingerprint density at radius 2 is 1.94 bits per heavy atom. The minimum Gasteiger partial charge on any atom is -0.480 e. The number of amides is 1. The van der Waals surface area contributed by atoms with Gasteiger partial charge in [0.15, 0.2) is 0 Å². The maximum absolute atomic E-state index is 12.2. The number of carbonyl (C=O) groups excluding carboxylic acids is 1. The molecule has 3 aliphatic carbocycles. The summed E-state index contributed by atoms with van der Waals surface area (Å²) in [4.78, 5) is 23.3. The van der Waals surface area contributed by atoms with Crippen LogP contribution in [0.4, 0.5) is 0 Å². The van der Waals surface area contributed by atoms with Crippen molar-refractivity contribution in [2.45, 2.75) is 51.0 Å². The Morgan fingerprint density at radius 1 is 1.17 bits per heavy atom. The van der Waals surface area contributed by atoms with Crippen molar-refractivity contribution < 1.29 is 14.7 Å². The van der Waals surface area contributed by atoms with E-state index in [-0.39, 0.29) is 11.8 Å². The van der Waals surface area contributed by atoms with Crippen molar-refractivity contribution in [3.63, 3.8) is 0 Å². The van der Waals surface area contributed by atoms with E-state index in [2.05, 4.69) is 5.32 Å². The van der Waals surface area contributed by atoms with Gasteiger partial charge in [0, 0.05) is 5.92 Å². The summed E-state index contributed by atoms with van der Waals surface area (Å²) in [6.45, 7) is 0. The summed E-state index contributed by atoms with van der Waals surface area (Å²) < 4.78 is 0. The van der Waals surface area contributed by atoms with Crippen molar-refractivity contribution in [3.8, 4) is 0 Å². The third-order valence-corrected chi connectivity index (χ3v) is 4.96. The molecule has 1 amide bonds. The monoisotopic (exact) mass is 251 g/mol. The van der Waals surface area contributed by atoms with Gasteiger partial charge in [0.05, 0.1) is 0 Å². The molecular formula is C14H21NO3. The molecular weight excluding hydrogens is 230 g/mol. The summed E-state index contributed by atoms with van der Waals surface area (Å²) in [6.07, 6.45) is 7.43. The molecule has 2 N–H and O–H groups in total. The number of hydrogen-bond acceptors (Lipinski definition) is 2. The second kappa shape index (κ2) is 4.56. The zero-order valence-electron chi connectivity index (χ0n) is 10.6. The Balaban J connectivity index is 1.56. The molecule has 3 aliphatic rings. The van der Waals surface area contributed by atoms with Crippen LogP contribution in [0.15, 0.2) is 0 Å². The average molecular weight is 251 g/mol. The number of hydrogen-bond donors (Lipinski definition) is 2. The third-order valence-electron chi connectivity index (χ3n) is 4.96. The van der Waals surface area contributed by atoms with Crippen LogP contribution in [0.1, 0.15) is 44.9 Å². The third kappa shape index (κ3) is 2.38. The van der Waals surface area contributed by atoms with E-state index in [9.17, 15) is 9.59 Å². The van der Waals surface area contributed by atoms with E-state index < -0.39 is 12.0 Å². The van der Waals surface area contributed by atoms with Crippen LogP contribution in [-0.2, 0) is 9.59 Å². The molecule has 0 radical (unpaired) electrons. The quantitative estimate of drug-likeness (QED) is 0.783. The highest BCUT2D eigenvalue weighted by Gasteiger charge is 2.44. The smallest absolute Gasteiger partial charge is 0.326 e. The van der Waals surface area contributed by atoms with Crippen LogP contribution < -0.4 is 5.32 Å². The first-order valence-corrected chi connectivity index (χ1v) is 7.16. The summed E-state index contributed by atoms with van der Waals surface area (Å²) in [5.41, 5.74) is 0. The van der Waals surface area contributed by atoms with Crippen molar-refractivity contribution >= 4 is 11.9 Å². The summed E-state index contributed by atoms with van der Waals surface area (Å²) in [5.74, 6) is 0.965. The first-order chi connectivity index (χ1) is 8.63. The molecule has 4 unspecified atom stereocenters. The van der Waals surface area contributed by atoms with Crippen LogP contribution in [0.25, 0.3) is 0 Å². The normalized spacial score (nSPS) is 35.4. The molecule has 0 heterocycles. The Kier molecular flexibility index (Phi) is 3.04. The van der Waals surface area contributed by atoms with Crippen LogP contribution in [0.5, 0.6) is 0 Å². The summed E-state index contributed by atoms with van der Waals surface area (Å²) in [7, 11) is 0. The lowest BCUT2D eigenvalue weighted by molar-refractivity contribution is -0.143. The molecule has 0 aliphatic heterocycles. The second-order valence-corrected chi connectivity index (χ2v) is 6.36. The fraction of sp³-hybridized carbons (Fsp3) is 0.857. The Labute approximate surface area is 107 Å². The van der Waals surface area contributed by atoms with Crippen molar-refractivity contribution in [1.82, 2.24) is 5.32 Å². The standard InChI is InChI=1S/C14H21NO3/c16-13(11-6-9-3-4-10(11)5-9)15-12(14(17)18)7-8-1-2-8/h8-12H,1-7H2,(H,15,16)(H,17,18). The lowest BCUT2D eigenvalue weighted by atomic mass is 9.88. The molecule has 0 spiro atoms. The van der Waals surface area contributed by atoms with E-state index in [1.54, 1.807) is 0 Å². The lowest BCUT2D eigenvalue weighted by Crippen LogP contribution is -2.45. The van der Waals surface area contributed by atoms with Gasteiger partial charge in [0.25, 0.3) is 0 Å². The molecule has 4 nitrogen and oxygen atoms in total. The molecule has 4 atom stereocenters. The molecule has 100 valence electrons. The van der Waals surface area contributed by atoms with Gasteiger partial charge in [-0.3, -0.25) is 4.79 Å². The van der Waals surface area contributed by atoms with Gasteiger partial charge in [-0.2, -0.15) is 0 Å². The maximum Gasteiger partial charge on any atom is 0.326 e. The highest BCUT2D eigenvalue weighted by molar-refractivity contribution is 5.85. The average Bonchev–Trinajstić information content (AvgIpc) is 2.90. The minimum absolute atomic E-state index is 0.00440. The van der Waals surface area contributed by atoms with Gasteiger partial charge in [0.2, 0.25) is 5.91 Å². The van der Waals surface area contributed by atoms with Crippen LogP contribution in [0, 0.1) is 23.7 Å². The van der Waals surface area contributed by atoms with Gasteiger partial charge < -0.3 is 10.4 Å². The highest BCUT2D eigenvalue weighted by atomic mass is 16.4. The number of carboxylic acids is 1. The number of carboxylic acid groups (broad SMARTS) is 1. The van der Waals surface area contributed by atoms with Crippen LogP contribution >= 0.6 is 0 Å². The fourth-order valence-electron chi connectivity index (χ4n) is 3.75. The Bertz CT molecular complexity index is 364. The van der Waals surface area contributed by atoms with Crippen molar-refractivity contribution in [2.75, 3.05) is 0 Å². The van der Waals surface area contributed by atoms with Crippen LogP contribution in [0.3, 0.4) is 0 Å². The second-order valence-electron chi connectivity index (χ2n) is 6.36. The van der Waals surface area contributed by atoms with Gasteiger partial charge in [0.1, 0.15) is 6.04 Å².